The van der Waals surface area contributed by atoms with Gasteiger partial charge in [0.1, 0.15) is 0 Å². The van der Waals surface area contributed by atoms with Crippen molar-refractivity contribution in [2.24, 2.45) is 5.92 Å². The predicted molar refractivity (Wildman–Crippen MR) is 137 cm³/mol. The Morgan fingerprint density at radius 1 is 0.778 bits per heavy atom. The fraction of sp³-hybridized carbons (Fsp3) is 0.355. The van der Waals surface area contributed by atoms with Gasteiger partial charge in [-0.2, -0.15) is 4.39 Å². The van der Waals surface area contributed by atoms with Crippen LogP contribution in [0, 0.1) is 29.2 Å². The minimum Gasteiger partial charge on any atom is -0.491 e. The number of benzene rings is 3. The molecule has 0 atom stereocenters. The van der Waals surface area contributed by atoms with E-state index in [1.807, 2.05) is 30.3 Å². The van der Waals surface area contributed by atoms with Crippen LogP contribution < -0.4 is 4.74 Å². The van der Waals surface area contributed by atoms with Crippen LogP contribution in [0.2, 0.25) is 0 Å². The molecule has 36 heavy (non-hydrogen) atoms. The van der Waals surface area contributed by atoms with Crippen molar-refractivity contribution in [2.75, 3.05) is 6.61 Å². The fourth-order valence-electron chi connectivity index (χ4n) is 5.05. The van der Waals surface area contributed by atoms with Crippen LogP contribution in [-0.2, 0) is 6.42 Å². The van der Waals surface area contributed by atoms with Gasteiger partial charge >= 0.3 is 0 Å². The van der Waals surface area contributed by atoms with Crippen LogP contribution >= 0.6 is 0 Å². The first-order valence-electron chi connectivity index (χ1n) is 12.8. The Morgan fingerprint density at radius 2 is 1.50 bits per heavy atom. The van der Waals surface area contributed by atoms with Gasteiger partial charge in [-0.25, -0.2) is 13.2 Å². The molecule has 190 valence electrons. The van der Waals surface area contributed by atoms with E-state index < -0.39 is 23.3 Å². The minimum atomic E-state index is -0.936. The zero-order chi connectivity index (χ0) is 25.7. The molecule has 0 aliphatic heterocycles. The molecule has 0 N–H and O–H groups in total. The van der Waals surface area contributed by atoms with Gasteiger partial charge in [0.05, 0.1) is 6.61 Å². The Hall–Kier alpha value is -3.08. The van der Waals surface area contributed by atoms with E-state index in [1.54, 1.807) is 31.2 Å². The molecule has 0 amide bonds. The van der Waals surface area contributed by atoms with E-state index in [9.17, 15) is 17.6 Å². The van der Waals surface area contributed by atoms with Gasteiger partial charge < -0.3 is 4.74 Å². The van der Waals surface area contributed by atoms with Crippen LogP contribution in [0.15, 0.2) is 54.6 Å². The van der Waals surface area contributed by atoms with Crippen molar-refractivity contribution < 1.29 is 22.3 Å². The van der Waals surface area contributed by atoms with Gasteiger partial charge in [0, 0.05) is 11.1 Å². The Bertz CT molecular complexity index is 1210. The number of hydrogen-bond acceptors (Lipinski definition) is 1. The largest absolute Gasteiger partial charge is 0.491 e. The average molecular weight is 497 g/mol. The first kappa shape index (κ1) is 26.0. The minimum absolute atomic E-state index is 0.0656. The zero-order valence-corrected chi connectivity index (χ0v) is 20.8. The number of aryl methyl sites for hydroxylation is 1. The van der Waals surface area contributed by atoms with E-state index >= 15 is 0 Å². The molecule has 0 saturated heterocycles. The van der Waals surface area contributed by atoms with Crippen LogP contribution in [0.5, 0.6) is 5.75 Å². The summed E-state index contributed by atoms with van der Waals surface area (Å²) in [4.78, 5) is 0. The fourth-order valence-corrected chi connectivity index (χ4v) is 5.05. The van der Waals surface area contributed by atoms with Crippen LogP contribution in [0.4, 0.5) is 17.6 Å². The van der Waals surface area contributed by atoms with Crippen molar-refractivity contribution in [3.05, 3.63) is 94.6 Å². The van der Waals surface area contributed by atoms with Crippen molar-refractivity contribution in [3.63, 3.8) is 0 Å². The van der Waals surface area contributed by atoms with Gasteiger partial charge in [0.25, 0.3) is 0 Å². The maximum absolute atomic E-state index is 14.9. The summed E-state index contributed by atoms with van der Waals surface area (Å²) in [5.74, 6) is -3.45. The predicted octanol–water partition coefficient (Wildman–Crippen LogP) is 9.25. The van der Waals surface area contributed by atoms with Crippen LogP contribution in [-0.4, -0.2) is 6.61 Å². The van der Waals surface area contributed by atoms with E-state index in [0.717, 1.165) is 25.7 Å². The average Bonchev–Trinajstić information content (AvgIpc) is 2.89. The quantitative estimate of drug-likeness (QED) is 0.282. The molecule has 0 heterocycles. The third-order valence-electron chi connectivity index (χ3n) is 7.05. The normalized spacial score (nSPS) is 18.1. The van der Waals surface area contributed by atoms with Crippen molar-refractivity contribution >= 4 is 6.08 Å². The number of ether oxygens (including phenoxy) is 1. The van der Waals surface area contributed by atoms with E-state index in [4.69, 9.17) is 4.74 Å². The molecule has 1 saturated carbocycles. The van der Waals surface area contributed by atoms with Gasteiger partial charge in [-0.1, -0.05) is 68.0 Å². The van der Waals surface area contributed by atoms with E-state index in [1.165, 1.54) is 11.6 Å². The van der Waals surface area contributed by atoms with Crippen molar-refractivity contribution in [3.8, 4) is 16.9 Å². The highest BCUT2D eigenvalue weighted by molar-refractivity contribution is 5.67. The molecule has 0 aromatic heterocycles. The van der Waals surface area contributed by atoms with E-state index in [2.05, 4.69) is 6.92 Å². The number of allylic oxidation sites excluding steroid dienone is 1. The molecule has 0 unspecified atom stereocenters. The highest BCUT2D eigenvalue weighted by Crippen LogP contribution is 2.39. The van der Waals surface area contributed by atoms with Crippen LogP contribution in [0.3, 0.4) is 0 Å². The van der Waals surface area contributed by atoms with E-state index in [-0.39, 0.29) is 35.3 Å². The second-order valence-electron chi connectivity index (χ2n) is 9.46. The lowest BCUT2D eigenvalue weighted by atomic mass is 9.78. The molecule has 1 aliphatic carbocycles. The third kappa shape index (κ3) is 5.66. The molecule has 4 rings (SSSR count). The van der Waals surface area contributed by atoms with Crippen molar-refractivity contribution in [1.82, 2.24) is 0 Å². The summed E-state index contributed by atoms with van der Waals surface area (Å²) in [5.41, 5.74) is 2.66. The summed E-state index contributed by atoms with van der Waals surface area (Å²) >= 11 is 0. The summed E-state index contributed by atoms with van der Waals surface area (Å²) < 4.78 is 63.7. The smallest absolute Gasteiger partial charge is 0.200 e. The number of rotatable bonds is 8. The van der Waals surface area contributed by atoms with Crippen molar-refractivity contribution in [2.45, 2.75) is 58.3 Å². The van der Waals surface area contributed by atoms with Gasteiger partial charge in [-0.15, -0.1) is 0 Å². The Morgan fingerprint density at radius 3 is 2.17 bits per heavy atom. The summed E-state index contributed by atoms with van der Waals surface area (Å²) in [5, 5.41) is 0. The molecule has 5 heteroatoms. The molecule has 0 spiro atoms. The lowest BCUT2D eigenvalue weighted by Gasteiger charge is -2.27. The molecule has 3 aromatic rings. The summed E-state index contributed by atoms with van der Waals surface area (Å²) in [6.07, 6.45) is 8.45. The molecular weight excluding hydrogens is 464 g/mol. The van der Waals surface area contributed by atoms with Gasteiger partial charge in [-0.05, 0) is 73.6 Å². The number of halogens is 4. The monoisotopic (exact) mass is 496 g/mol. The molecule has 1 fully saturated rings. The molecule has 1 aliphatic rings. The molecule has 0 bridgehead atoms. The second-order valence-corrected chi connectivity index (χ2v) is 9.46. The second kappa shape index (κ2) is 11.8. The van der Waals surface area contributed by atoms with Crippen LogP contribution in [0.1, 0.15) is 68.6 Å². The lowest BCUT2D eigenvalue weighted by Crippen LogP contribution is -2.14. The van der Waals surface area contributed by atoms with Gasteiger partial charge in [0.2, 0.25) is 5.82 Å². The van der Waals surface area contributed by atoms with Gasteiger partial charge in [-0.3, -0.25) is 0 Å². The summed E-state index contributed by atoms with van der Waals surface area (Å²) in [6.45, 7) is 4.09. The topological polar surface area (TPSA) is 9.23 Å². The Kier molecular flexibility index (Phi) is 8.50. The maximum Gasteiger partial charge on any atom is 0.200 e. The van der Waals surface area contributed by atoms with Gasteiger partial charge in [0.15, 0.2) is 23.2 Å². The molecule has 3 aromatic carbocycles. The standard InChI is InChI=1S/C31H32F4O/c1-3-5-20-6-11-22(12-7-20)25-17-16-24(28(32)29(25)33)15-10-21-8-13-23(14-9-21)26-18-19-27(36-4-2)31(35)30(26)34/h6-7,10-12,15-19,21,23H,3-5,8-9,13-14H2,1-2H3/b15-10+. The Labute approximate surface area is 210 Å². The maximum atomic E-state index is 14.9. The molecule has 0 radical (unpaired) electrons. The van der Waals surface area contributed by atoms with Crippen LogP contribution in [0.25, 0.3) is 17.2 Å². The summed E-state index contributed by atoms with van der Waals surface area (Å²) in [7, 11) is 0. The molecule has 1 nitrogen and oxygen atoms in total. The highest BCUT2D eigenvalue weighted by atomic mass is 19.2. The zero-order valence-electron chi connectivity index (χ0n) is 20.8. The third-order valence-corrected chi connectivity index (χ3v) is 7.05. The Balaban J connectivity index is 1.41. The highest BCUT2D eigenvalue weighted by Gasteiger charge is 2.26. The summed E-state index contributed by atoms with van der Waals surface area (Å²) in [6, 6.07) is 13.9. The first-order chi connectivity index (χ1) is 17.4. The van der Waals surface area contributed by atoms with E-state index in [0.29, 0.717) is 24.0 Å². The number of hydrogen-bond donors (Lipinski definition) is 0. The lowest BCUT2D eigenvalue weighted by molar-refractivity contribution is 0.310. The van der Waals surface area contributed by atoms with Crippen molar-refractivity contribution in [1.29, 1.82) is 0 Å². The SMILES string of the molecule is CCCc1ccc(-c2ccc(/C=C/C3CCC(c4ccc(OCC)c(F)c4F)CC3)c(F)c2F)cc1. The molecular formula is C31H32F4O. The first-order valence-corrected chi connectivity index (χ1v) is 12.8.